The standard InChI is InChI=1S/C19H18BrF4N5O2S/c1-18(15-13(21)8-9-14(20)26-15)11-32(31,25-2)29(10-19(22,23)24)17(28-18)27-16(30)12-6-4-3-5-7-12/h3-9H,10-11H2,1-2H3,(H,27,28,30). The molecule has 1 aromatic heterocycles. The van der Waals surface area contributed by atoms with Crippen LogP contribution in [0, 0.1) is 5.82 Å². The average molecular weight is 536 g/mol. The number of rotatable bonds is 3. The highest BCUT2D eigenvalue weighted by atomic mass is 79.9. The molecular weight excluding hydrogens is 518 g/mol. The number of aromatic nitrogens is 1. The molecule has 2 heterocycles. The molecule has 2 aromatic rings. The Balaban J connectivity index is 2.18. The molecule has 2 unspecified atom stereocenters. The second-order valence-electron chi connectivity index (χ2n) is 7.08. The van der Waals surface area contributed by atoms with E-state index in [0.29, 0.717) is 4.31 Å². The number of guanidine groups is 1. The van der Waals surface area contributed by atoms with Crippen LogP contribution in [-0.2, 0) is 15.5 Å². The van der Waals surface area contributed by atoms with Crippen LogP contribution in [0.5, 0.6) is 0 Å². The lowest BCUT2D eigenvalue weighted by molar-refractivity contribution is -0.131. The highest BCUT2D eigenvalue weighted by Crippen LogP contribution is 2.35. The molecule has 0 spiro atoms. The highest BCUT2D eigenvalue weighted by molar-refractivity contribution is 9.10. The zero-order valence-corrected chi connectivity index (χ0v) is 19.3. The molecule has 32 heavy (non-hydrogen) atoms. The molecule has 2 atom stereocenters. The Morgan fingerprint density at radius 2 is 1.94 bits per heavy atom. The van der Waals surface area contributed by atoms with Gasteiger partial charge in [-0.2, -0.15) is 13.2 Å². The fraction of sp³-hybridized carbons (Fsp3) is 0.316. The lowest BCUT2D eigenvalue weighted by atomic mass is 10.00. The number of halogens is 5. The second kappa shape index (κ2) is 8.77. The molecule has 1 aromatic carbocycles. The number of alkyl halides is 3. The molecule has 3 rings (SSSR count). The van der Waals surface area contributed by atoms with Crippen molar-refractivity contribution in [1.29, 1.82) is 0 Å². The van der Waals surface area contributed by atoms with Gasteiger partial charge in [-0.25, -0.2) is 27.2 Å². The molecule has 0 fully saturated rings. The van der Waals surface area contributed by atoms with Gasteiger partial charge in [-0.1, -0.05) is 18.2 Å². The molecule has 1 aliphatic rings. The largest absolute Gasteiger partial charge is 0.407 e. The van der Waals surface area contributed by atoms with Crippen molar-refractivity contribution in [2.24, 2.45) is 9.36 Å². The molecule has 1 N–H and O–H groups in total. The van der Waals surface area contributed by atoms with E-state index in [1.54, 1.807) is 18.2 Å². The van der Waals surface area contributed by atoms with Crippen LogP contribution in [0.1, 0.15) is 23.0 Å². The molecule has 0 aliphatic carbocycles. The molecule has 1 aliphatic heterocycles. The van der Waals surface area contributed by atoms with Gasteiger partial charge in [0.1, 0.15) is 38.1 Å². The number of nitrogens with zero attached hydrogens (tertiary/aromatic N) is 4. The van der Waals surface area contributed by atoms with Gasteiger partial charge in [-0.3, -0.25) is 10.1 Å². The number of carbonyl (C=O) groups is 1. The Kier molecular flexibility index (Phi) is 6.61. The first-order chi connectivity index (χ1) is 14.9. The van der Waals surface area contributed by atoms with Gasteiger partial charge in [0, 0.05) is 12.6 Å². The Morgan fingerprint density at radius 3 is 2.53 bits per heavy atom. The average Bonchev–Trinajstić information content (AvgIpc) is 2.72. The monoisotopic (exact) mass is 535 g/mol. The number of benzene rings is 1. The fourth-order valence-corrected chi connectivity index (χ4v) is 5.60. The van der Waals surface area contributed by atoms with Gasteiger partial charge >= 0.3 is 6.18 Å². The number of pyridine rings is 1. The normalized spacial score (nSPS) is 23.5. The summed E-state index contributed by atoms with van der Waals surface area (Å²) in [5.74, 6) is -2.78. The predicted octanol–water partition coefficient (Wildman–Crippen LogP) is 3.88. The lowest BCUT2D eigenvalue weighted by Gasteiger charge is -2.39. The minimum atomic E-state index is -4.78. The first-order valence-electron chi connectivity index (χ1n) is 9.13. The summed E-state index contributed by atoms with van der Waals surface area (Å²) in [5, 5.41) is 2.29. The summed E-state index contributed by atoms with van der Waals surface area (Å²) in [4.78, 5) is 20.9. The number of amides is 1. The van der Waals surface area contributed by atoms with Crippen LogP contribution in [0.15, 0.2) is 56.4 Å². The molecule has 13 heteroatoms. The van der Waals surface area contributed by atoms with Gasteiger partial charge < -0.3 is 0 Å². The molecule has 0 saturated heterocycles. The quantitative estimate of drug-likeness (QED) is 0.478. The van der Waals surface area contributed by atoms with E-state index in [1.807, 2.05) is 0 Å². The third-order valence-corrected chi connectivity index (χ3v) is 7.54. The minimum absolute atomic E-state index is 0.140. The van der Waals surface area contributed by atoms with Crippen molar-refractivity contribution in [3.8, 4) is 0 Å². The van der Waals surface area contributed by atoms with E-state index >= 15 is 0 Å². The summed E-state index contributed by atoms with van der Waals surface area (Å²) >= 11 is 3.12. The third kappa shape index (κ3) is 5.09. The molecule has 0 radical (unpaired) electrons. The summed E-state index contributed by atoms with van der Waals surface area (Å²) in [7, 11) is -2.70. The van der Waals surface area contributed by atoms with Crippen LogP contribution in [0.25, 0.3) is 0 Å². The Hall–Kier alpha value is -2.54. The summed E-state index contributed by atoms with van der Waals surface area (Å²) in [6.45, 7) is -0.309. The molecule has 7 nitrogen and oxygen atoms in total. The SMILES string of the molecule is CN=S1(=O)CC(C)(c2nc(Br)ccc2F)N=C(NC(=O)c2ccccc2)N1CC(F)(F)F. The summed E-state index contributed by atoms with van der Waals surface area (Å²) in [6.07, 6.45) is -4.78. The van der Waals surface area contributed by atoms with E-state index in [-0.39, 0.29) is 15.9 Å². The van der Waals surface area contributed by atoms with Crippen molar-refractivity contribution in [3.63, 3.8) is 0 Å². The molecular formula is C19H18BrF4N5O2S. The third-order valence-electron chi connectivity index (χ3n) is 4.59. The van der Waals surface area contributed by atoms with E-state index in [9.17, 15) is 26.6 Å². The van der Waals surface area contributed by atoms with Crippen molar-refractivity contribution >= 4 is 37.7 Å². The summed E-state index contributed by atoms with van der Waals surface area (Å²) < 4.78 is 72.5. The number of hydrogen-bond acceptors (Lipinski definition) is 5. The lowest BCUT2D eigenvalue weighted by Crippen LogP contribution is -2.57. The molecule has 0 saturated carbocycles. The Labute approximate surface area is 190 Å². The number of hydrogen-bond donors (Lipinski definition) is 1. The van der Waals surface area contributed by atoms with Crippen LogP contribution in [0.3, 0.4) is 0 Å². The topological polar surface area (TPSA) is 87.0 Å². The van der Waals surface area contributed by atoms with Gasteiger partial charge in [-0.15, -0.1) is 0 Å². The van der Waals surface area contributed by atoms with Gasteiger partial charge in [0.25, 0.3) is 5.91 Å². The number of aliphatic imine (C=N–C) groups is 1. The maximum atomic E-state index is 14.6. The molecule has 172 valence electrons. The fourth-order valence-electron chi connectivity index (χ4n) is 3.17. The van der Waals surface area contributed by atoms with E-state index < -0.39 is 51.6 Å². The maximum Gasteiger partial charge on any atom is 0.407 e. The first kappa shape index (κ1) is 24.1. The van der Waals surface area contributed by atoms with Crippen molar-refractivity contribution in [1.82, 2.24) is 14.6 Å². The van der Waals surface area contributed by atoms with Crippen LogP contribution < -0.4 is 5.32 Å². The zero-order chi connectivity index (χ0) is 23.7. The summed E-state index contributed by atoms with van der Waals surface area (Å²) in [5.41, 5.74) is -1.78. The highest BCUT2D eigenvalue weighted by Gasteiger charge is 2.47. The zero-order valence-electron chi connectivity index (χ0n) is 16.9. The maximum absolute atomic E-state index is 14.6. The second-order valence-corrected chi connectivity index (χ2v) is 10.2. The van der Waals surface area contributed by atoms with E-state index in [0.717, 1.165) is 13.1 Å². The summed E-state index contributed by atoms with van der Waals surface area (Å²) in [6, 6.07) is 10.1. The minimum Gasteiger partial charge on any atom is -0.292 e. The van der Waals surface area contributed by atoms with Crippen molar-refractivity contribution < 1.29 is 26.6 Å². The van der Waals surface area contributed by atoms with Gasteiger partial charge in [0.05, 0.1) is 5.75 Å². The number of nitrogens with one attached hydrogen (secondary N) is 1. The number of carbonyl (C=O) groups excluding carboxylic acids is 1. The van der Waals surface area contributed by atoms with E-state index in [1.165, 1.54) is 25.1 Å². The van der Waals surface area contributed by atoms with Crippen LogP contribution in [0.4, 0.5) is 17.6 Å². The molecule has 1 amide bonds. The Morgan fingerprint density at radius 1 is 1.28 bits per heavy atom. The van der Waals surface area contributed by atoms with Gasteiger partial charge in [-0.05, 0) is 47.1 Å². The Bertz CT molecular complexity index is 1180. The van der Waals surface area contributed by atoms with Crippen LogP contribution in [-0.4, -0.2) is 50.9 Å². The van der Waals surface area contributed by atoms with E-state index in [4.69, 9.17) is 0 Å². The van der Waals surface area contributed by atoms with Crippen molar-refractivity contribution in [2.75, 3.05) is 19.3 Å². The molecule has 0 bridgehead atoms. The van der Waals surface area contributed by atoms with E-state index in [2.05, 4.69) is 35.6 Å². The van der Waals surface area contributed by atoms with Crippen LogP contribution >= 0.6 is 15.9 Å². The smallest absolute Gasteiger partial charge is 0.292 e. The van der Waals surface area contributed by atoms with Gasteiger partial charge in [0.15, 0.2) is 0 Å². The predicted molar refractivity (Wildman–Crippen MR) is 115 cm³/mol. The first-order valence-corrected chi connectivity index (χ1v) is 11.6. The van der Waals surface area contributed by atoms with Crippen molar-refractivity contribution in [2.45, 2.75) is 18.6 Å². The van der Waals surface area contributed by atoms with Crippen LogP contribution in [0.2, 0.25) is 0 Å². The van der Waals surface area contributed by atoms with Crippen molar-refractivity contribution in [3.05, 3.63) is 64.1 Å². The van der Waals surface area contributed by atoms with Gasteiger partial charge in [0.2, 0.25) is 5.96 Å².